The van der Waals surface area contributed by atoms with E-state index in [0.717, 1.165) is 5.56 Å². The zero-order valence-electron chi connectivity index (χ0n) is 11.5. The summed E-state index contributed by atoms with van der Waals surface area (Å²) in [5, 5.41) is 3.30. The van der Waals surface area contributed by atoms with Crippen LogP contribution < -0.4 is 5.32 Å². The Bertz CT molecular complexity index is 438. The van der Waals surface area contributed by atoms with Crippen LogP contribution >= 0.6 is 12.4 Å². The molecule has 0 saturated carbocycles. The maximum atomic E-state index is 12.5. The number of halogens is 1. The monoisotopic (exact) mass is 297 g/mol. The summed E-state index contributed by atoms with van der Waals surface area (Å²) in [4.78, 5) is 22.8. The van der Waals surface area contributed by atoms with Crippen molar-refractivity contribution in [3.8, 4) is 0 Å². The highest BCUT2D eigenvalue weighted by Crippen LogP contribution is 2.25. The van der Waals surface area contributed by atoms with Gasteiger partial charge in [-0.25, -0.2) is 0 Å². The van der Waals surface area contributed by atoms with E-state index < -0.39 is 0 Å². The Morgan fingerprint density at radius 3 is 2.70 bits per heavy atom. The van der Waals surface area contributed by atoms with E-state index in [1.54, 1.807) is 0 Å². The molecule has 1 aromatic carbocycles. The predicted molar refractivity (Wildman–Crippen MR) is 79.0 cm³/mol. The van der Waals surface area contributed by atoms with Crippen LogP contribution in [0.2, 0.25) is 0 Å². The van der Waals surface area contributed by atoms with Gasteiger partial charge in [-0.1, -0.05) is 30.3 Å². The first-order valence-electron chi connectivity index (χ1n) is 6.61. The third-order valence-electron chi connectivity index (χ3n) is 3.59. The third kappa shape index (κ3) is 4.05. The zero-order chi connectivity index (χ0) is 13.7. The van der Waals surface area contributed by atoms with Crippen molar-refractivity contribution in [3.63, 3.8) is 0 Å². The van der Waals surface area contributed by atoms with Crippen molar-refractivity contribution in [1.29, 1.82) is 0 Å². The number of ether oxygens (including phenoxy) is 1. The highest BCUT2D eigenvalue weighted by Gasteiger charge is 2.32. The molecule has 5 heteroatoms. The molecule has 1 saturated heterocycles. The lowest BCUT2D eigenvalue weighted by Crippen LogP contribution is -2.43. The van der Waals surface area contributed by atoms with Gasteiger partial charge in [-0.15, -0.1) is 12.4 Å². The van der Waals surface area contributed by atoms with E-state index in [1.165, 1.54) is 0 Å². The standard InChI is InChI=1S/C15H19NO3.ClH/c1-11(19-10-17)7-13-8-16-9-14(15(13)18)12-5-3-2-4-6-12;/h2-6,10-11,13-14,16H,7-9H2,1H3;1H. The van der Waals surface area contributed by atoms with Crippen molar-refractivity contribution >= 4 is 24.7 Å². The summed E-state index contributed by atoms with van der Waals surface area (Å²) in [5.41, 5.74) is 1.05. The Morgan fingerprint density at radius 2 is 2.05 bits per heavy atom. The summed E-state index contributed by atoms with van der Waals surface area (Å²) in [6.07, 6.45) is 0.358. The van der Waals surface area contributed by atoms with E-state index >= 15 is 0 Å². The van der Waals surface area contributed by atoms with Crippen LogP contribution in [0, 0.1) is 5.92 Å². The average Bonchev–Trinajstić information content (AvgIpc) is 2.42. The maximum absolute atomic E-state index is 12.5. The van der Waals surface area contributed by atoms with Crippen LogP contribution in [0.1, 0.15) is 24.8 Å². The number of ketones is 1. The predicted octanol–water partition coefficient (Wildman–Crippen LogP) is 1.93. The average molecular weight is 298 g/mol. The van der Waals surface area contributed by atoms with Gasteiger partial charge in [-0.3, -0.25) is 9.59 Å². The molecular weight excluding hydrogens is 278 g/mol. The third-order valence-corrected chi connectivity index (χ3v) is 3.59. The highest BCUT2D eigenvalue weighted by molar-refractivity contribution is 5.89. The smallest absolute Gasteiger partial charge is 0.293 e. The van der Waals surface area contributed by atoms with Gasteiger partial charge in [0.2, 0.25) is 0 Å². The van der Waals surface area contributed by atoms with Crippen molar-refractivity contribution < 1.29 is 14.3 Å². The van der Waals surface area contributed by atoms with Gasteiger partial charge >= 0.3 is 0 Å². The lowest BCUT2D eigenvalue weighted by Gasteiger charge is -2.30. The fourth-order valence-electron chi connectivity index (χ4n) is 2.61. The molecule has 1 aliphatic rings. The number of Topliss-reactive ketones (excluding diaryl/α,β-unsaturated/α-hetero) is 1. The topological polar surface area (TPSA) is 55.4 Å². The molecule has 1 fully saturated rings. The Labute approximate surface area is 125 Å². The number of piperidine rings is 1. The van der Waals surface area contributed by atoms with E-state index in [-0.39, 0.29) is 36.1 Å². The van der Waals surface area contributed by atoms with E-state index in [4.69, 9.17) is 4.74 Å². The van der Waals surface area contributed by atoms with Crippen molar-refractivity contribution in [2.24, 2.45) is 5.92 Å². The molecule has 110 valence electrons. The Balaban J connectivity index is 0.00000200. The minimum absolute atomic E-state index is 0. The maximum Gasteiger partial charge on any atom is 0.293 e. The van der Waals surface area contributed by atoms with Crippen LogP contribution in [0.4, 0.5) is 0 Å². The molecular formula is C15H20ClNO3. The molecule has 3 unspecified atom stereocenters. The zero-order valence-corrected chi connectivity index (χ0v) is 12.3. The fraction of sp³-hybridized carbons (Fsp3) is 0.467. The summed E-state index contributed by atoms with van der Waals surface area (Å²) in [5.74, 6) is 0.0589. The number of benzene rings is 1. The quantitative estimate of drug-likeness (QED) is 0.844. The molecule has 0 bridgehead atoms. The van der Waals surface area contributed by atoms with Crippen molar-refractivity contribution in [2.45, 2.75) is 25.4 Å². The number of rotatable bonds is 5. The Morgan fingerprint density at radius 1 is 1.35 bits per heavy atom. The van der Waals surface area contributed by atoms with E-state index in [9.17, 15) is 9.59 Å². The van der Waals surface area contributed by atoms with Gasteiger partial charge in [0, 0.05) is 19.0 Å². The summed E-state index contributed by atoms with van der Waals surface area (Å²) in [7, 11) is 0. The first kappa shape index (κ1) is 16.7. The van der Waals surface area contributed by atoms with Gasteiger partial charge in [0.25, 0.3) is 6.47 Å². The molecule has 0 radical (unpaired) electrons. The molecule has 4 nitrogen and oxygen atoms in total. The molecule has 1 N–H and O–H groups in total. The van der Waals surface area contributed by atoms with Crippen LogP contribution in [0.25, 0.3) is 0 Å². The van der Waals surface area contributed by atoms with Gasteiger partial charge in [0.15, 0.2) is 0 Å². The first-order valence-corrected chi connectivity index (χ1v) is 6.61. The summed E-state index contributed by atoms with van der Waals surface area (Å²) >= 11 is 0. The molecule has 20 heavy (non-hydrogen) atoms. The van der Waals surface area contributed by atoms with Crippen molar-refractivity contribution in [3.05, 3.63) is 35.9 Å². The van der Waals surface area contributed by atoms with Crippen LogP contribution in [0.15, 0.2) is 30.3 Å². The van der Waals surface area contributed by atoms with Crippen molar-refractivity contribution in [2.75, 3.05) is 13.1 Å². The summed E-state index contributed by atoms with van der Waals surface area (Å²) < 4.78 is 4.87. The van der Waals surface area contributed by atoms with Crippen molar-refractivity contribution in [1.82, 2.24) is 5.32 Å². The van der Waals surface area contributed by atoms with E-state index in [1.807, 2.05) is 37.3 Å². The van der Waals surface area contributed by atoms with Crippen LogP contribution in [0.3, 0.4) is 0 Å². The first-order chi connectivity index (χ1) is 9.22. The Hall–Kier alpha value is -1.39. The fourth-order valence-corrected chi connectivity index (χ4v) is 2.61. The molecule has 0 aliphatic carbocycles. The SMILES string of the molecule is CC(CC1CNCC(c2ccccc2)C1=O)OC=O.Cl. The summed E-state index contributed by atoms with van der Waals surface area (Å²) in [6.45, 7) is 3.60. The van der Waals surface area contributed by atoms with Gasteiger partial charge in [-0.2, -0.15) is 0 Å². The largest absolute Gasteiger partial charge is 0.465 e. The number of nitrogens with one attached hydrogen (secondary N) is 1. The summed E-state index contributed by atoms with van der Waals surface area (Å²) in [6, 6.07) is 9.81. The molecule has 0 spiro atoms. The second-order valence-electron chi connectivity index (χ2n) is 5.00. The molecule has 0 aromatic heterocycles. The van der Waals surface area contributed by atoms with Gasteiger partial charge in [0.1, 0.15) is 5.78 Å². The molecule has 3 atom stereocenters. The molecule has 2 rings (SSSR count). The highest BCUT2D eigenvalue weighted by atomic mass is 35.5. The van der Waals surface area contributed by atoms with Gasteiger partial charge in [-0.05, 0) is 18.9 Å². The van der Waals surface area contributed by atoms with Crippen LogP contribution in [-0.2, 0) is 14.3 Å². The van der Waals surface area contributed by atoms with Crippen LogP contribution in [0.5, 0.6) is 0 Å². The molecule has 1 heterocycles. The molecule has 1 aliphatic heterocycles. The number of carbonyl (C=O) groups is 2. The number of hydrogen-bond acceptors (Lipinski definition) is 4. The Kier molecular flexibility index (Phi) is 6.68. The molecule has 0 amide bonds. The minimum atomic E-state index is -0.220. The van der Waals surface area contributed by atoms with Gasteiger partial charge in [0.05, 0.1) is 12.0 Å². The second kappa shape index (κ2) is 8.02. The van der Waals surface area contributed by atoms with E-state index in [2.05, 4.69) is 5.32 Å². The normalized spacial score (nSPS) is 23.6. The molecule has 1 aromatic rings. The minimum Gasteiger partial charge on any atom is -0.465 e. The van der Waals surface area contributed by atoms with E-state index in [0.29, 0.717) is 26.0 Å². The second-order valence-corrected chi connectivity index (χ2v) is 5.00. The number of hydrogen-bond donors (Lipinski definition) is 1. The lowest BCUT2D eigenvalue weighted by molar-refractivity contribution is -0.136. The number of carbonyl (C=O) groups excluding carboxylic acids is 2. The van der Waals surface area contributed by atoms with Crippen LogP contribution in [-0.4, -0.2) is 31.4 Å². The van der Waals surface area contributed by atoms with Gasteiger partial charge < -0.3 is 10.1 Å². The lowest BCUT2D eigenvalue weighted by atomic mass is 9.82.